The van der Waals surface area contributed by atoms with Crippen molar-refractivity contribution in [3.05, 3.63) is 22.6 Å². The van der Waals surface area contributed by atoms with Gasteiger partial charge in [-0.1, -0.05) is 15.9 Å². The minimum atomic E-state index is 0.124. The van der Waals surface area contributed by atoms with Gasteiger partial charge in [0.15, 0.2) is 0 Å². The maximum atomic E-state index is 12.5. The van der Waals surface area contributed by atoms with Crippen LogP contribution < -0.4 is 0 Å². The number of alkyl halides is 1. The summed E-state index contributed by atoms with van der Waals surface area (Å²) >= 11 is 3.41. The fourth-order valence-corrected chi connectivity index (χ4v) is 2.56. The van der Waals surface area contributed by atoms with Gasteiger partial charge >= 0.3 is 0 Å². The summed E-state index contributed by atoms with van der Waals surface area (Å²) in [7, 11) is 0. The van der Waals surface area contributed by atoms with Crippen molar-refractivity contribution in [1.82, 2.24) is 4.90 Å². The highest BCUT2D eigenvalue weighted by molar-refractivity contribution is 9.09. The summed E-state index contributed by atoms with van der Waals surface area (Å²) in [5, 5.41) is 0.824. The number of amides is 1. The number of aryl methyl sites for hydroxylation is 2. The summed E-state index contributed by atoms with van der Waals surface area (Å²) in [5.74, 6) is 1.71. The van der Waals surface area contributed by atoms with Crippen LogP contribution in [-0.2, 0) is 0 Å². The predicted octanol–water partition coefficient (Wildman–Crippen LogP) is 3.20. The smallest absolute Gasteiger partial charge is 0.257 e. The van der Waals surface area contributed by atoms with Crippen molar-refractivity contribution in [3.8, 4) is 0 Å². The number of halogens is 1. The zero-order valence-corrected chi connectivity index (χ0v) is 12.1. The number of hydrogen-bond acceptors (Lipinski definition) is 2. The van der Waals surface area contributed by atoms with Crippen LogP contribution in [0.5, 0.6) is 0 Å². The van der Waals surface area contributed by atoms with E-state index < -0.39 is 0 Å². The number of rotatable bonds is 4. The molecule has 0 N–H and O–H groups in total. The normalized spacial score (nSPS) is 15.1. The van der Waals surface area contributed by atoms with Gasteiger partial charge < -0.3 is 9.32 Å². The molecular formula is C13H18BrNO2. The second kappa shape index (κ2) is 4.84. The van der Waals surface area contributed by atoms with Gasteiger partial charge in [-0.2, -0.15) is 0 Å². The lowest BCUT2D eigenvalue weighted by Crippen LogP contribution is -2.35. The first-order valence-electron chi connectivity index (χ1n) is 5.99. The average Bonchev–Trinajstić information content (AvgIpc) is 3.05. The van der Waals surface area contributed by atoms with E-state index in [1.54, 1.807) is 0 Å². The zero-order valence-electron chi connectivity index (χ0n) is 10.5. The summed E-state index contributed by atoms with van der Waals surface area (Å²) in [6.45, 7) is 6.50. The van der Waals surface area contributed by atoms with Gasteiger partial charge in [-0.25, -0.2) is 0 Å². The molecule has 4 heteroatoms. The minimum Gasteiger partial charge on any atom is -0.466 e. The van der Waals surface area contributed by atoms with Gasteiger partial charge in [-0.15, -0.1) is 0 Å². The summed E-state index contributed by atoms with van der Waals surface area (Å²) in [6.07, 6.45) is 2.27. The molecule has 17 heavy (non-hydrogen) atoms. The van der Waals surface area contributed by atoms with E-state index in [-0.39, 0.29) is 5.91 Å². The molecule has 0 radical (unpaired) electrons. The van der Waals surface area contributed by atoms with Crippen LogP contribution >= 0.6 is 15.9 Å². The number of nitrogens with zero attached hydrogens (tertiary/aromatic N) is 1. The predicted molar refractivity (Wildman–Crippen MR) is 70.8 cm³/mol. The molecule has 1 aliphatic rings. The van der Waals surface area contributed by atoms with E-state index >= 15 is 0 Å². The van der Waals surface area contributed by atoms with Crippen molar-refractivity contribution < 1.29 is 9.21 Å². The van der Waals surface area contributed by atoms with Crippen molar-refractivity contribution in [3.63, 3.8) is 0 Å². The van der Waals surface area contributed by atoms with Crippen LogP contribution in [0.4, 0.5) is 0 Å². The second-order valence-electron chi connectivity index (χ2n) is 4.63. The summed E-state index contributed by atoms with van der Waals surface area (Å²) in [5.41, 5.74) is 1.74. The van der Waals surface area contributed by atoms with E-state index in [0.29, 0.717) is 6.04 Å². The second-order valence-corrected chi connectivity index (χ2v) is 5.43. The van der Waals surface area contributed by atoms with Crippen molar-refractivity contribution in [2.24, 2.45) is 0 Å². The lowest BCUT2D eigenvalue weighted by molar-refractivity contribution is 0.0752. The van der Waals surface area contributed by atoms with E-state index in [1.807, 2.05) is 25.7 Å². The Kier molecular flexibility index (Phi) is 3.61. The molecule has 1 aromatic rings. The standard InChI is InChI=1S/C13H18BrNO2/c1-8-9(2)17-10(3)12(8)13(16)15(7-6-14)11-4-5-11/h11H,4-7H2,1-3H3. The van der Waals surface area contributed by atoms with Gasteiger partial charge in [0.25, 0.3) is 5.91 Å². The fraction of sp³-hybridized carbons (Fsp3) is 0.615. The third-order valence-corrected chi connectivity index (χ3v) is 3.70. The summed E-state index contributed by atoms with van der Waals surface area (Å²) in [6, 6.07) is 0.439. The highest BCUT2D eigenvalue weighted by Crippen LogP contribution is 2.30. The monoisotopic (exact) mass is 299 g/mol. The Morgan fingerprint density at radius 1 is 1.35 bits per heavy atom. The van der Waals surface area contributed by atoms with Crippen LogP contribution in [0.15, 0.2) is 4.42 Å². The molecule has 0 spiro atoms. The van der Waals surface area contributed by atoms with Crippen LogP contribution in [0.3, 0.4) is 0 Å². The highest BCUT2D eigenvalue weighted by Gasteiger charge is 2.34. The molecule has 1 fully saturated rings. The molecule has 1 aromatic heterocycles. The van der Waals surface area contributed by atoms with Crippen molar-refractivity contribution >= 4 is 21.8 Å². The Balaban J connectivity index is 2.28. The highest BCUT2D eigenvalue weighted by atomic mass is 79.9. The van der Waals surface area contributed by atoms with Gasteiger partial charge in [-0.3, -0.25) is 4.79 Å². The zero-order chi connectivity index (χ0) is 12.6. The number of carbonyl (C=O) groups is 1. The Bertz CT molecular complexity index is 435. The third kappa shape index (κ3) is 2.41. The van der Waals surface area contributed by atoms with Crippen molar-refractivity contribution in [1.29, 1.82) is 0 Å². The fourth-order valence-electron chi connectivity index (χ4n) is 2.18. The molecule has 1 aliphatic carbocycles. The largest absolute Gasteiger partial charge is 0.466 e. The molecule has 94 valence electrons. The molecule has 1 saturated carbocycles. The van der Waals surface area contributed by atoms with Crippen LogP contribution in [0.2, 0.25) is 0 Å². The quantitative estimate of drug-likeness (QED) is 0.800. The maximum absolute atomic E-state index is 12.5. The molecule has 0 bridgehead atoms. The molecular weight excluding hydrogens is 282 g/mol. The van der Waals surface area contributed by atoms with E-state index in [9.17, 15) is 4.79 Å². The minimum absolute atomic E-state index is 0.124. The topological polar surface area (TPSA) is 33.5 Å². The van der Waals surface area contributed by atoms with Crippen LogP contribution in [0, 0.1) is 20.8 Å². The van der Waals surface area contributed by atoms with Gasteiger partial charge in [-0.05, 0) is 33.6 Å². The molecule has 0 saturated heterocycles. The van der Waals surface area contributed by atoms with Crippen LogP contribution in [0.1, 0.15) is 40.3 Å². The third-order valence-electron chi connectivity index (χ3n) is 3.35. The SMILES string of the molecule is Cc1oc(C)c(C(=O)N(CCBr)C2CC2)c1C. The Morgan fingerprint density at radius 2 is 2.00 bits per heavy atom. The Morgan fingerprint density at radius 3 is 2.41 bits per heavy atom. The molecule has 0 aromatic carbocycles. The van der Waals surface area contributed by atoms with Crippen molar-refractivity contribution in [2.45, 2.75) is 39.7 Å². The molecule has 1 amide bonds. The summed E-state index contributed by atoms with van der Waals surface area (Å²) in [4.78, 5) is 14.5. The van der Waals surface area contributed by atoms with Gasteiger partial charge in [0.2, 0.25) is 0 Å². The van der Waals surface area contributed by atoms with Gasteiger partial charge in [0, 0.05) is 23.5 Å². The van der Waals surface area contributed by atoms with E-state index in [0.717, 1.165) is 47.4 Å². The average molecular weight is 300 g/mol. The van der Waals surface area contributed by atoms with Gasteiger partial charge in [0.05, 0.1) is 5.56 Å². The maximum Gasteiger partial charge on any atom is 0.257 e. The first kappa shape index (κ1) is 12.7. The lowest BCUT2D eigenvalue weighted by atomic mass is 10.1. The first-order chi connectivity index (χ1) is 8.06. The van der Waals surface area contributed by atoms with Gasteiger partial charge in [0.1, 0.15) is 11.5 Å². The van der Waals surface area contributed by atoms with Crippen LogP contribution in [-0.4, -0.2) is 28.7 Å². The van der Waals surface area contributed by atoms with E-state index in [4.69, 9.17) is 4.42 Å². The number of carbonyl (C=O) groups excluding carboxylic acids is 1. The molecule has 3 nitrogen and oxygen atoms in total. The lowest BCUT2D eigenvalue weighted by Gasteiger charge is -2.21. The van der Waals surface area contributed by atoms with E-state index in [1.165, 1.54) is 0 Å². The molecule has 1 heterocycles. The number of hydrogen-bond donors (Lipinski definition) is 0. The summed E-state index contributed by atoms with van der Waals surface area (Å²) < 4.78 is 5.54. The van der Waals surface area contributed by atoms with E-state index in [2.05, 4.69) is 15.9 Å². The number of furan rings is 1. The molecule has 2 rings (SSSR count). The molecule has 0 atom stereocenters. The molecule has 0 unspecified atom stereocenters. The molecule has 0 aliphatic heterocycles. The first-order valence-corrected chi connectivity index (χ1v) is 7.12. The Hall–Kier alpha value is -0.770. The van der Waals surface area contributed by atoms with Crippen LogP contribution in [0.25, 0.3) is 0 Å². The Labute approximate surface area is 110 Å². The van der Waals surface area contributed by atoms with Crippen molar-refractivity contribution in [2.75, 3.05) is 11.9 Å².